The molecule has 15 heavy (non-hydrogen) atoms. The number of benzene rings is 1. The first kappa shape index (κ1) is 9.47. The molecule has 0 aliphatic heterocycles. The van der Waals surface area contributed by atoms with Crippen LogP contribution >= 0.6 is 0 Å². The summed E-state index contributed by atoms with van der Waals surface area (Å²) in [6.07, 6.45) is 0. The lowest BCUT2D eigenvalue weighted by molar-refractivity contribution is 0.403. The molecule has 0 aliphatic carbocycles. The number of hydrogen-bond acceptors (Lipinski definition) is 3. The monoisotopic (exact) mass is 198 g/mol. The van der Waals surface area contributed by atoms with E-state index in [1.807, 2.05) is 31.2 Å². The minimum Gasteiger partial charge on any atom is -0.481 e. The van der Waals surface area contributed by atoms with Crippen LogP contribution in [0.25, 0.3) is 10.8 Å². The van der Waals surface area contributed by atoms with Gasteiger partial charge in [-0.05, 0) is 24.4 Å². The molecule has 0 aliphatic rings. The van der Waals surface area contributed by atoms with E-state index in [1.54, 1.807) is 13.2 Å². The maximum absolute atomic E-state index is 8.80. The Balaban J connectivity index is 2.82. The van der Waals surface area contributed by atoms with E-state index in [0.717, 1.165) is 16.3 Å². The summed E-state index contributed by atoms with van der Waals surface area (Å²) in [4.78, 5) is 4.10. The molecule has 0 bridgehead atoms. The van der Waals surface area contributed by atoms with Crippen LogP contribution in [-0.2, 0) is 0 Å². The van der Waals surface area contributed by atoms with Crippen molar-refractivity contribution >= 4 is 10.8 Å². The highest BCUT2D eigenvalue weighted by molar-refractivity contribution is 5.88. The number of nitriles is 1. The van der Waals surface area contributed by atoms with Crippen molar-refractivity contribution in [3.05, 3.63) is 35.5 Å². The van der Waals surface area contributed by atoms with Gasteiger partial charge < -0.3 is 4.74 Å². The van der Waals surface area contributed by atoms with Crippen molar-refractivity contribution in [2.45, 2.75) is 6.92 Å². The van der Waals surface area contributed by atoms with Crippen LogP contribution in [0.3, 0.4) is 0 Å². The Labute approximate surface area is 87.9 Å². The van der Waals surface area contributed by atoms with E-state index in [9.17, 15) is 0 Å². The second kappa shape index (κ2) is 3.58. The molecule has 74 valence electrons. The summed E-state index contributed by atoms with van der Waals surface area (Å²) in [5.74, 6) is 0.507. The van der Waals surface area contributed by atoms with Gasteiger partial charge in [-0.15, -0.1) is 0 Å². The van der Waals surface area contributed by atoms with Crippen LogP contribution in [-0.4, -0.2) is 12.1 Å². The van der Waals surface area contributed by atoms with Gasteiger partial charge in [0.25, 0.3) is 0 Å². The molecule has 0 atom stereocenters. The van der Waals surface area contributed by atoms with Gasteiger partial charge in [0, 0.05) is 5.39 Å². The first-order chi connectivity index (χ1) is 7.24. The molecule has 0 radical (unpaired) electrons. The van der Waals surface area contributed by atoms with E-state index in [0.29, 0.717) is 11.6 Å². The first-order valence-corrected chi connectivity index (χ1v) is 4.60. The fourth-order valence-electron chi connectivity index (χ4n) is 1.54. The fourth-order valence-corrected chi connectivity index (χ4v) is 1.54. The van der Waals surface area contributed by atoms with Crippen LogP contribution in [0.1, 0.15) is 11.3 Å². The third kappa shape index (κ3) is 1.62. The third-order valence-electron chi connectivity index (χ3n) is 2.26. The number of rotatable bonds is 1. The van der Waals surface area contributed by atoms with Crippen molar-refractivity contribution in [2.24, 2.45) is 0 Å². The van der Waals surface area contributed by atoms with Gasteiger partial charge in [-0.3, -0.25) is 0 Å². The quantitative estimate of drug-likeness (QED) is 0.706. The average Bonchev–Trinajstić information content (AvgIpc) is 2.27. The van der Waals surface area contributed by atoms with Crippen LogP contribution in [0.15, 0.2) is 24.3 Å². The van der Waals surface area contributed by atoms with Crippen molar-refractivity contribution in [3.8, 4) is 11.9 Å². The van der Waals surface area contributed by atoms with Gasteiger partial charge in [-0.2, -0.15) is 5.26 Å². The lowest BCUT2D eigenvalue weighted by Gasteiger charge is -2.05. The summed E-state index contributed by atoms with van der Waals surface area (Å²) in [6.45, 7) is 2.01. The Hall–Kier alpha value is -2.08. The minimum atomic E-state index is 0.378. The average molecular weight is 198 g/mol. The molecular weight excluding hydrogens is 188 g/mol. The zero-order valence-corrected chi connectivity index (χ0v) is 8.61. The van der Waals surface area contributed by atoms with E-state index < -0.39 is 0 Å². The third-order valence-corrected chi connectivity index (χ3v) is 2.26. The van der Waals surface area contributed by atoms with Crippen molar-refractivity contribution in [1.82, 2.24) is 4.98 Å². The van der Waals surface area contributed by atoms with E-state index in [-0.39, 0.29) is 0 Å². The predicted octanol–water partition coefficient (Wildman–Crippen LogP) is 2.42. The molecular formula is C12H10N2O. The van der Waals surface area contributed by atoms with Crippen molar-refractivity contribution < 1.29 is 4.74 Å². The van der Waals surface area contributed by atoms with Gasteiger partial charge in [0.15, 0.2) is 0 Å². The Morgan fingerprint density at radius 1 is 1.33 bits per heavy atom. The first-order valence-electron chi connectivity index (χ1n) is 4.60. The highest BCUT2D eigenvalue weighted by Crippen LogP contribution is 2.25. The molecule has 2 rings (SSSR count). The zero-order valence-electron chi connectivity index (χ0n) is 8.61. The van der Waals surface area contributed by atoms with Gasteiger partial charge in [0.1, 0.15) is 11.8 Å². The molecule has 0 N–H and O–H groups in total. The van der Waals surface area contributed by atoms with Gasteiger partial charge in [0.2, 0.25) is 5.88 Å². The molecule has 0 saturated heterocycles. The Morgan fingerprint density at radius 3 is 2.80 bits per heavy atom. The molecule has 3 nitrogen and oxygen atoms in total. The van der Waals surface area contributed by atoms with Crippen molar-refractivity contribution in [3.63, 3.8) is 0 Å². The standard InChI is InChI=1S/C12H10N2O/c1-8-3-4-9-6-10(7-13)14-12(15-2)11(9)5-8/h3-6H,1-2H3. The minimum absolute atomic E-state index is 0.378. The van der Waals surface area contributed by atoms with Crippen molar-refractivity contribution in [2.75, 3.05) is 7.11 Å². The van der Waals surface area contributed by atoms with Crippen LogP contribution in [0.4, 0.5) is 0 Å². The number of aromatic nitrogens is 1. The van der Waals surface area contributed by atoms with Crippen LogP contribution in [0.5, 0.6) is 5.88 Å². The fraction of sp³-hybridized carbons (Fsp3) is 0.167. The molecule has 2 aromatic rings. The summed E-state index contributed by atoms with van der Waals surface area (Å²) in [5, 5.41) is 10.7. The normalized spacial score (nSPS) is 9.93. The lowest BCUT2D eigenvalue weighted by Crippen LogP contribution is -1.92. The number of nitrogens with zero attached hydrogens (tertiary/aromatic N) is 2. The molecule has 0 amide bonds. The molecule has 0 unspecified atom stereocenters. The Bertz CT molecular complexity index is 555. The topological polar surface area (TPSA) is 45.9 Å². The predicted molar refractivity (Wildman–Crippen MR) is 57.7 cm³/mol. The second-order valence-corrected chi connectivity index (χ2v) is 3.35. The second-order valence-electron chi connectivity index (χ2n) is 3.35. The van der Waals surface area contributed by atoms with E-state index >= 15 is 0 Å². The molecule has 1 heterocycles. The van der Waals surface area contributed by atoms with Gasteiger partial charge in [-0.25, -0.2) is 4.98 Å². The highest BCUT2D eigenvalue weighted by atomic mass is 16.5. The molecule has 0 saturated carbocycles. The number of pyridine rings is 1. The SMILES string of the molecule is COc1nc(C#N)cc2ccc(C)cc12. The molecule has 0 fully saturated rings. The summed E-state index contributed by atoms with van der Waals surface area (Å²) in [5.41, 5.74) is 1.52. The summed E-state index contributed by atoms with van der Waals surface area (Å²) in [6, 6.07) is 9.75. The number of fused-ring (bicyclic) bond motifs is 1. The number of ether oxygens (including phenoxy) is 1. The van der Waals surface area contributed by atoms with E-state index in [4.69, 9.17) is 10.00 Å². The summed E-state index contributed by atoms with van der Waals surface area (Å²) >= 11 is 0. The lowest BCUT2D eigenvalue weighted by atomic mass is 10.1. The highest BCUT2D eigenvalue weighted by Gasteiger charge is 2.05. The van der Waals surface area contributed by atoms with Gasteiger partial charge in [0.05, 0.1) is 7.11 Å². The molecule has 3 heteroatoms. The summed E-state index contributed by atoms with van der Waals surface area (Å²) in [7, 11) is 1.56. The number of methoxy groups -OCH3 is 1. The Kier molecular flexibility index (Phi) is 2.26. The zero-order chi connectivity index (χ0) is 10.8. The number of hydrogen-bond donors (Lipinski definition) is 0. The van der Waals surface area contributed by atoms with E-state index in [1.165, 1.54) is 0 Å². The molecule has 0 spiro atoms. The van der Waals surface area contributed by atoms with Crippen LogP contribution in [0.2, 0.25) is 0 Å². The summed E-state index contributed by atoms with van der Waals surface area (Å²) < 4.78 is 5.16. The largest absolute Gasteiger partial charge is 0.481 e. The van der Waals surface area contributed by atoms with E-state index in [2.05, 4.69) is 4.98 Å². The Morgan fingerprint density at radius 2 is 2.13 bits per heavy atom. The van der Waals surface area contributed by atoms with Crippen LogP contribution < -0.4 is 4.74 Å². The molecule has 1 aromatic heterocycles. The maximum atomic E-state index is 8.80. The van der Waals surface area contributed by atoms with Crippen molar-refractivity contribution in [1.29, 1.82) is 5.26 Å². The van der Waals surface area contributed by atoms with Gasteiger partial charge >= 0.3 is 0 Å². The molecule has 1 aromatic carbocycles. The van der Waals surface area contributed by atoms with Gasteiger partial charge in [-0.1, -0.05) is 17.7 Å². The smallest absolute Gasteiger partial charge is 0.222 e. The van der Waals surface area contributed by atoms with Crippen LogP contribution in [0, 0.1) is 18.3 Å². The maximum Gasteiger partial charge on any atom is 0.222 e. The number of aryl methyl sites for hydroxylation is 1.